The maximum absolute atomic E-state index is 6.49. The van der Waals surface area contributed by atoms with E-state index in [4.69, 9.17) is 16.6 Å². The summed E-state index contributed by atoms with van der Waals surface area (Å²) in [6.45, 7) is 6.66. The van der Waals surface area contributed by atoms with Crippen molar-refractivity contribution in [2.75, 3.05) is 31.5 Å². The molecule has 2 unspecified atom stereocenters. The molecular formula is C27H31BClN5. The number of halogens is 1. The highest BCUT2D eigenvalue weighted by Crippen LogP contribution is 2.29. The molecule has 5 rings (SSSR count). The fourth-order valence-electron chi connectivity index (χ4n) is 5.01. The second-order valence-electron chi connectivity index (χ2n) is 9.53. The molecule has 1 aliphatic rings. The molecule has 7 heteroatoms. The van der Waals surface area contributed by atoms with Crippen LogP contribution < -0.4 is 10.8 Å². The summed E-state index contributed by atoms with van der Waals surface area (Å²) in [6, 6.07) is 20.8. The Kier molecular flexibility index (Phi) is 6.88. The van der Waals surface area contributed by atoms with Gasteiger partial charge in [-0.1, -0.05) is 67.1 Å². The minimum Gasteiger partial charge on any atom is -0.370 e. The first-order valence-corrected chi connectivity index (χ1v) is 12.6. The molecule has 1 saturated heterocycles. The van der Waals surface area contributed by atoms with E-state index in [9.17, 15) is 0 Å². The lowest BCUT2D eigenvalue weighted by Gasteiger charge is -2.34. The number of nitrogens with zero attached hydrogens (tertiary/aromatic N) is 4. The summed E-state index contributed by atoms with van der Waals surface area (Å²) < 4.78 is 1.91. The number of piperidine rings is 1. The van der Waals surface area contributed by atoms with Crippen LogP contribution in [0.3, 0.4) is 0 Å². The maximum atomic E-state index is 6.49. The largest absolute Gasteiger partial charge is 0.370 e. The third kappa shape index (κ3) is 4.98. The van der Waals surface area contributed by atoms with Gasteiger partial charge in [-0.25, -0.2) is 4.98 Å². The molecule has 4 aromatic rings. The third-order valence-corrected chi connectivity index (χ3v) is 7.20. The van der Waals surface area contributed by atoms with Gasteiger partial charge in [0.05, 0.1) is 5.69 Å². The molecule has 2 atom stereocenters. The highest BCUT2D eigenvalue weighted by atomic mass is 35.5. The highest BCUT2D eigenvalue weighted by molar-refractivity contribution is 6.36. The quantitative estimate of drug-likeness (QED) is 0.410. The average molecular weight is 472 g/mol. The van der Waals surface area contributed by atoms with Crippen LogP contribution in [0.1, 0.15) is 31.2 Å². The van der Waals surface area contributed by atoms with E-state index in [0.717, 1.165) is 47.8 Å². The van der Waals surface area contributed by atoms with Gasteiger partial charge in [-0.15, -0.1) is 0 Å². The fourth-order valence-corrected chi connectivity index (χ4v) is 5.24. The van der Waals surface area contributed by atoms with Crippen LogP contribution in [0, 0.1) is 5.92 Å². The summed E-state index contributed by atoms with van der Waals surface area (Å²) in [5, 5.41) is 8.98. The molecular weight excluding hydrogens is 441 g/mol. The van der Waals surface area contributed by atoms with E-state index >= 15 is 0 Å². The van der Waals surface area contributed by atoms with E-state index < -0.39 is 0 Å². The second kappa shape index (κ2) is 10.2. The lowest BCUT2D eigenvalue weighted by atomic mass is 9.95. The molecule has 1 aliphatic heterocycles. The van der Waals surface area contributed by atoms with E-state index in [-0.39, 0.29) is 0 Å². The van der Waals surface area contributed by atoms with Crippen molar-refractivity contribution >= 4 is 36.4 Å². The topological polar surface area (TPSA) is 45.5 Å². The number of nitrogens with one attached hydrogen (secondary N) is 1. The van der Waals surface area contributed by atoms with Crippen LogP contribution in [-0.2, 0) is 0 Å². The molecule has 1 N–H and O–H groups in total. The molecule has 3 heterocycles. The number of benzene rings is 2. The Morgan fingerprint density at radius 1 is 1.15 bits per heavy atom. The van der Waals surface area contributed by atoms with Gasteiger partial charge < -0.3 is 10.2 Å². The van der Waals surface area contributed by atoms with Crippen molar-refractivity contribution in [2.45, 2.75) is 25.7 Å². The average Bonchev–Trinajstić information content (AvgIpc) is 3.24. The second-order valence-corrected chi connectivity index (χ2v) is 9.94. The number of hydrogen-bond acceptors (Lipinski definition) is 4. The lowest BCUT2D eigenvalue weighted by molar-refractivity contribution is 0.173. The van der Waals surface area contributed by atoms with Gasteiger partial charge in [0.1, 0.15) is 13.7 Å². The van der Waals surface area contributed by atoms with E-state index in [1.807, 2.05) is 42.8 Å². The van der Waals surface area contributed by atoms with Crippen molar-refractivity contribution in [3.63, 3.8) is 0 Å². The van der Waals surface area contributed by atoms with Gasteiger partial charge >= 0.3 is 0 Å². The number of hydrogen-bond donors (Lipinski definition) is 1. The summed E-state index contributed by atoms with van der Waals surface area (Å²) in [7, 11) is 2.04. The van der Waals surface area contributed by atoms with Crippen molar-refractivity contribution in [3.05, 3.63) is 77.4 Å². The molecule has 174 valence electrons. The van der Waals surface area contributed by atoms with Crippen molar-refractivity contribution in [2.24, 2.45) is 5.92 Å². The maximum Gasteiger partial charge on any atom is 0.151 e. The highest BCUT2D eigenvalue weighted by Gasteiger charge is 2.22. The zero-order valence-electron chi connectivity index (χ0n) is 19.9. The molecule has 1 fully saturated rings. The van der Waals surface area contributed by atoms with Crippen LogP contribution in [0.4, 0.5) is 5.82 Å². The summed E-state index contributed by atoms with van der Waals surface area (Å²) in [6.07, 6.45) is 4.36. The molecule has 0 radical (unpaired) electrons. The van der Waals surface area contributed by atoms with Crippen LogP contribution in [-0.4, -0.2) is 53.5 Å². The van der Waals surface area contributed by atoms with Gasteiger partial charge in [0.2, 0.25) is 0 Å². The van der Waals surface area contributed by atoms with Gasteiger partial charge in [0.15, 0.2) is 5.65 Å². The Balaban J connectivity index is 1.30. The molecule has 2 aromatic carbocycles. The zero-order chi connectivity index (χ0) is 23.5. The van der Waals surface area contributed by atoms with Crippen LogP contribution in [0.15, 0.2) is 66.9 Å². The van der Waals surface area contributed by atoms with Gasteiger partial charge in [0.25, 0.3) is 0 Å². The molecule has 2 aromatic heterocycles. The summed E-state index contributed by atoms with van der Waals surface area (Å²) in [5.74, 6) is 2.10. The SMILES string of the molecule is Bc1cnn2c(NCC3CCCN(CC(C)c4ccccc4)C3)cc(-c3ccccc3Cl)nc12. The predicted octanol–water partition coefficient (Wildman–Crippen LogP) is 4.24. The number of anilines is 1. The summed E-state index contributed by atoms with van der Waals surface area (Å²) in [5.41, 5.74) is 5.14. The first-order valence-electron chi connectivity index (χ1n) is 12.2. The van der Waals surface area contributed by atoms with E-state index in [1.165, 1.54) is 24.9 Å². The first kappa shape index (κ1) is 22.9. The fraction of sp³-hybridized carbons (Fsp3) is 0.333. The van der Waals surface area contributed by atoms with Gasteiger partial charge in [-0.05, 0) is 48.3 Å². The standard InChI is InChI=1S/C27H31BClN5/c1-19(21-9-3-2-4-10-21)17-33-13-7-8-20(18-33)15-30-26-14-25(22-11-5-6-12-24(22)29)32-27-23(28)16-31-34(26)27/h2-6,9-12,14,16,19-20,30H,7-8,13,15,17-18,28H2,1H3. The zero-order valence-corrected chi connectivity index (χ0v) is 20.7. The Hall–Kier alpha value is -2.83. The molecule has 0 amide bonds. The van der Waals surface area contributed by atoms with Crippen molar-refractivity contribution < 1.29 is 0 Å². The molecule has 0 bridgehead atoms. The number of fused-ring (bicyclic) bond motifs is 1. The minimum atomic E-state index is 0.540. The van der Waals surface area contributed by atoms with Gasteiger partial charge in [-0.2, -0.15) is 9.61 Å². The Morgan fingerprint density at radius 3 is 2.76 bits per heavy atom. The molecule has 0 spiro atoms. The lowest BCUT2D eigenvalue weighted by Crippen LogP contribution is -2.40. The van der Waals surface area contributed by atoms with Crippen LogP contribution in [0.5, 0.6) is 0 Å². The van der Waals surface area contributed by atoms with E-state index in [1.54, 1.807) is 0 Å². The predicted molar refractivity (Wildman–Crippen MR) is 144 cm³/mol. The van der Waals surface area contributed by atoms with Gasteiger partial charge in [0, 0.05) is 42.5 Å². The minimum absolute atomic E-state index is 0.540. The molecule has 5 nitrogen and oxygen atoms in total. The number of aromatic nitrogens is 3. The molecule has 0 aliphatic carbocycles. The van der Waals surface area contributed by atoms with Crippen molar-refractivity contribution in [3.8, 4) is 11.3 Å². The van der Waals surface area contributed by atoms with E-state index in [2.05, 4.69) is 58.6 Å². The normalized spacial score (nSPS) is 17.6. The number of rotatable bonds is 7. The number of likely N-dealkylation sites (tertiary alicyclic amines) is 1. The van der Waals surface area contributed by atoms with Crippen LogP contribution in [0.25, 0.3) is 16.9 Å². The van der Waals surface area contributed by atoms with Crippen LogP contribution in [0.2, 0.25) is 5.02 Å². The van der Waals surface area contributed by atoms with Gasteiger partial charge in [-0.3, -0.25) is 0 Å². The third-order valence-electron chi connectivity index (χ3n) is 6.87. The van der Waals surface area contributed by atoms with Crippen molar-refractivity contribution in [1.82, 2.24) is 19.5 Å². The summed E-state index contributed by atoms with van der Waals surface area (Å²) >= 11 is 6.49. The van der Waals surface area contributed by atoms with Crippen molar-refractivity contribution in [1.29, 1.82) is 0 Å². The van der Waals surface area contributed by atoms with E-state index in [0.29, 0.717) is 16.9 Å². The first-order chi connectivity index (χ1) is 16.6. The van der Waals surface area contributed by atoms with Crippen LogP contribution >= 0.6 is 11.6 Å². The Bertz CT molecular complexity index is 1260. The molecule has 0 saturated carbocycles. The summed E-state index contributed by atoms with van der Waals surface area (Å²) in [4.78, 5) is 7.49. The monoisotopic (exact) mass is 471 g/mol. The Morgan fingerprint density at radius 2 is 1.94 bits per heavy atom. The Labute approximate surface area is 207 Å². The molecule has 34 heavy (non-hydrogen) atoms. The smallest absolute Gasteiger partial charge is 0.151 e.